The fraction of sp³-hybridized carbons (Fsp3) is 0.111. The summed E-state index contributed by atoms with van der Waals surface area (Å²) in [7, 11) is 4.79. The summed E-state index contributed by atoms with van der Waals surface area (Å²) in [6.07, 6.45) is 0. The first kappa shape index (κ1) is 8.74. The standard InChI is InChI=1S/C9H10NO2/c1-10(12-2)9(11)8-6-4-3-5-7-8/h3-7H,1H2,2H3. The van der Waals surface area contributed by atoms with Crippen LogP contribution in [0.15, 0.2) is 30.3 Å². The second kappa shape index (κ2) is 3.88. The molecular weight excluding hydrogens is 154 g/mol. The Morgan fingerprint density at radius 3 is 2.50 bits per heavy atom. The summed E-state index contributed by atoms with van der Waals surface area (Å²) in [5.74, 6) is -0.252. The van der Waals surface area contributed by atoms with Gasteiger partial charge in [0.1, 0.15) is 0 Å². The molecule has 0 bridgehead atoms. The molecule has 1 aromatic rings. The number of rotatable bonds is 2. The van der Waals surface area contributed by atoms with E-state index in [2.05, 4.69) is 11.9 Å². The Balaban J connectivity index is 2.79. The zero-order chi connectivity index (χ0) is 8.97. The van der Waals surface area contributed by atoms with Crippen molar-refractivity contribution in [3.8, 4) is 0 Å². The molecule has 12 heavy (non-hydrogen) atoms. The van der Waals surface area contributed by atoms with E-state index in [0.29, 0.717) is 5.56 Å². The second-order valence-corrected chi connectivity index (χ2v) is 2.23. The van der Waals surface area contributed by atoms with Crippen LogP contribution in [0.25, 0.3) is 0 Å². The Kier molecular flexibility index (Phi) is 2.82. The van der Waals surface area contributed by atoms with Crippen LogP contribution in [0.2, 0.25) is 0 Å². The third kappa shape index (κ3) is 1.83. The smallest absolute Gasteiger partial charge is 0.274 e. The van der Waals surface area contributed by atoms with Crippen molar-refractivity contribution in [3.63, 3.8) is 0 Å². The molecule has 0 aromatic heterocycles. The SMILES string of the molecule is [CH2]N(OC)C(=O)c1ccccc1. The van der Waals surface area contributed by atoms with Gasteiger partial charge in [-0.05, 0) is 12.1 Å². The van der Waals surface area contributed by atoms with Gasteiger partial charge < -0.3 is 0 Å². The molecule has 0 aliphatic heterocycles. The van der Waals surface area contributed by atoms with Crippen LogP contribution in [0, 0.1) is 7.05 Å². The van der Waals surface area contributed by atoms with E-state index in [-0.39, 0.29) is 5.91 Å². The van der Waals surface area contributed by atoms with Gasteiger partial charge in [-0.2, -0.15) is 0 Å². The lowest BCUT2D eigenvalue weighted by atomic mass is 10.2. The van der Waals surface area contributed by atoms with Crippen LogP contribution in [0.5, 0.6) is 0 Å². The summed E-state index contributed by atoms with van der Waals surface area (Å²) in [6, 6.07) is 8.84. The number of carbonyl (C=O) groups excluding carboxylic acids is 1. The summed E-state index contributed by atoms with van der Waals surface area (Å²) in [5, 5.41) is 0.940. The maximum atomic E-state index is 11.3. The average molecular weight is 164 g/mol. The minimum atomic E-state index is -0.252. The first-order valence-electron chi connectivity index (χ1n) is 3.50. The highest BCUT2D eigenvalue weighted by Gasteiger charge is 2.09. The van der Waals surface area contributed by atoms with Gasteiger partial charge in [0.25, 0.3) is 5.91 Å². The number of amides is 1. The Hall–Kier alpha value is -1.35. The fourth-order valence-corrected chi connectivity index (χ4v) is 0.808. The second-order valence-electron chi connectivity index (χ2n) is 2.23. The molecule has 3 nitrogen and oxygen atoms in total. The number of nitrogens with zero attached hydrogens (tertiary/aromatic N) is 1. The molecule has 0 saturated carbocycles. The highest BCUT2D eigenvalue weighted by molar-refractivity contribution is 5.93. The van der Waals surface area contributed by atoms with Gasteiger partial charge in [-0.15, -0.1) is 0 Å². The molecule has 0 N–H and O–H groups in total. The van der Waals surface area contributed by atoms with Gasteiger partial charge in [0.2, 0.25) is 0 Å². The van der Waals surface area contributed by atoms with Crippen LogP contribution in [0.3, 0.4) is 0 Å². The Labute approximate surface area is 71.5 Å². The monoisotopic (exact) mass is 164 g/mol. The molecule has 0 spiro atoms. The minimum absolute atomic E-state index is 0.252. The highest BCUT2D eigenvalue weighted by atomic mass is 16.7. The van der Waals surface area contributed by atoms with Crippen LogP contribution < -0.4 is 0 Å². The van der Waals surface area contributed by atoms with Crippen LogP contribution in [-0.2, 0) is 4.84 Å². The van der Waals surface area contributed by atoms with E-state index < -0.39 is 0 Å². The lowest BCUT2D eigenvalue weighted by Crippen LogP contribution is -2.22. The van der Waals surface area contributed by atoms with E-state index in [9.17, 15) is 4.79 Å². The Bertz CT molecular complexity index is 258. The van der Waals surface area contributed by atoms with E-state index in [0.717, 1.165) is 5.06 Å². The molecule has 1 rings (SSSR count). The van der Waals surface area contributed by atoms with Gasteiger partial charge in [0.05, 0.1) is 14.2 Å². The normalized spacial score (nSPS) is 9.50. The summed E-state index contributed by atoms with van der Waals surface area (Å²) in [6.45, 7) is 0. The summed E-state index contributed by atoms with van der Waals surface area (Å²) in [5.41, 5.74) is 0.564. The van der Waals surface area contributed by atoms with Crippen molar-refractivity contribution in [3.05, 3.63) is 42.9 Å². The van der Waals surface area contributed by atoms with Gasteiger partial charge in [0, 0.05) is 5.56 Å². The molecule has 3 heteroatoms. The van der Waals surface area contributed by atoms with Crippen molar-refractivity contribution in [2.24, 2.45) is 0 Å². The lowest BCUT2D eigenvalue weighted by Gasteiger charge is -2.12. The molecule has 0 fully saturated rings. The first-order valence-corrected chi connectivity index (χ1v) is 3.50. The van der Waals surface area contributed by atoms with Crippen molar-refractivity contribution < 1.29 is 9.63 Å². The Morgan fingerprint density at radius 2 is 2.00 bits per heavy atom. The Morgan fingerprint density at radius 1 is 1.42 bits per heavy atom. The van der Waals surface area contributed by atoms with Gasteiger partial charge >= 0.3 is 0 Å². The molecule has 0 aliphatic rings. The number of hydroxylamine groups is 2. The third-order valence-corrected chi connectivity index (χ3v) is 1.47. The van der Waals surface area contributed by atoms with Gasteiger partial charge in [0.15, 0.2) is 0 Å². The van der Waals surface area contributed by atoms with Gasteiger partial charge in [-0.1, -0.05) is 18.2 Å². The van der Waals surface area contributed by atoms with E-state index in [1.54, 1.807) is 24.3 Å². The third-order valence-electron chi connectivity index (χ3n) is 1.47. The number of carbonyl (C=O) groups is 1. The van der Waals surface area contributed by atoms with E-state index >= 15 is 0 Å². The molecule has 0 atom stereocenters. The van der Waals surface area contributed by atoms with Crippen molar-refractivity contribution in [2.45, 2.75) is 0 Å². The summed E-state index contributed by atoms with van der Waals surface area (Å²) in [4.78, 5) is 16.0. The first-order chi connectivity index (χ1) is 5.75. The highest BCUT2D eigenvalue weighted by Crippen LogP contribution is 2.02. The van der Waals surface area contributed by atoms with E-state index in [1.807, 2.05) is 6.07 Å². The maximum Gasteiger partial charge on any atom is 0.277 e. The lowest BCUT2D eigenvalue weighted by molar-refractivity contribution is -0.0612. The van der Waals surface area contributed by atoms with Crippen molar-refractivity contribution >= 4 is 5.91 Å². The average Bonchev–Trinajstić information content (AvgIpc) is 2.17. The molecule has 0 saturated heterocycles. The molecule has 63 valence electrons. The summed E-state index contributed by atoms with van der Waals surface area (Å²) < 4.78 is 0. The molecule has 1 aromatic carbocycles. The summed E-state index contributed by atoms with van der Waals surface area (Å²) >= 11 is 0. The fourth-order valence-electron chi connectivity index (χ4n) is 0.808. The van der Waals surface area contributed by atoms with Gasteiger partial charge in [-0.3, -0.25) is 9.63 Å². The number of hydrogen-bond donors (Lipinski definition) is 0. The van der Waals surface area contributed by atoms with Crippen LogP contribution in [-0.4, -0.2) is 18.1 Å². The van der Waals surface area contributed by atoms with Gasteiger partial charge in [-0.25, -0.2) is 5.06 Å². The topological polar surface area (TPSA) is 29.5 Å². The van der Waals surface area contributed by atoms with E-state index in [1.165, 1.54) is 7.11 Å². The largest absolute Gasteiger partial charge is 0.277 e. The molecule has 1 radical (unpaired) electrons. The predicted octanol–water partition coefficient (Wildman–Crippen LogP) is 1.48. The predicted molar refractivity (Wildman–Crippen MR) is 45.0 cm³/mol. The van der Waals surface area contributed by atoms with Crippen LogP contribution >= 0.6 is 0 Å². The molecule has 0 unspecified atom stereocenters. The van der Waals surface area contributed by atoms with Crippen molar-refractivity contribution in [2.75, 3.05) is 7.11 Å². The minimum Gasteiger partial charge on any atom is -0.274 e. The van der Waals surface area contributed by atoms with Crippen molar-refractivity contribution in [1.29, 1.82) is 0 Å². The molecule has 0 heterocycles. The van der Waals surface area contributed by atoms with Crippen molar-refractivity contribution in [1.82, 2.24) is 5.06 Å². The van der Waals surface area contributed by atoms with Crippen LogP contribution in [0.1, 0.15) is 10.4 Å². The molecule has 1 amide bonds. The number of benzene rings is 1. The number of hydrogen-bond acceptors (Lipinski definition) is 2. The van der Waals surface area contributed by atoms with Crippen LogP contribution in [0.4, 0.5) is 0 Å². The zero-order valence-corrected chi connectivity index (χ0v) is 6.86. The zero-order valence-electron chi connectivity index (χ0n) is 6.86. The molecule has 0 aliphatic carbocycles. The quantitative estimate of drug-likeness (QED) is 0.619. The maximum absolute atomic E-state index is 11.3. The molecular formula is C9H10NO2. The van der Waals surface area contributed by atoms with E-state index in [4.69, 9.17) is 0 Å².